The molecule has 1 unspecified atom stereocenters. The fourth-order valence-corrected chi connectivity index (χ4v) is 4.19. The molecule has 148 valence electrons. The van der Waals surface area contributed by atoms with E-state index in [0.717, 1.165) is 38.8 Å². The highest BCUT2D eigenvalue weighted by Gasteiger charge is 2.35. The van der Waals surface area contributed by atoms with Crippen LogP contribution in [0.15, 0.2) is 22.8 Å². The maximum atomic E-state index is 12.8. The van der Waals surface area contributed by atoms with Crippen LogP contribution in [0, 0.1) is 5.92 Å². The number of likely N-dealkylation sites (tertiary alicyclic amines) is 1. The van der Waals surface area contributed by atoms with Crippen molar-refractivity contribution in [2.75, 3.05) is 25.4 Å². The van der Waals surface area contributed by atoms with Crippen molar-refractivity contribution in [1.82, 2.24) is 15.5 Å². The van der Waals surface area contributed by atoms with Crippen LogP contribution in [0.2, 0.25) is 0 Å². The van der Waals surface area contributed by atoms with Gasteiger partial charge in [-0.2, -0.15) is 0 Å². The Balaban J connectivity index is 1.44. The molecule has 1 atom stereocenters. The van der Waals surface area contributed by atoms with Crippen LogP contribution < -0.4 is 10.6 Å². The molecule has 2 N–H and O–H groups in total. The second-order valence-corrected chi connectivity index (χ2v) is 8.26. The van der Waals surface area contributed by atoms with Crippen molar-refractivity contribution in [2.45, 2.75) is 44.7 Å². The SMILES string of the molecule is CC(=O)N1CCC(C(NC2CC2)C(=O)SCCNC(=O)c2ccco2)CC1. The van der Waals surface area contributed by atoms with E-state index in [1.165, 1.54) is 18.0 Å². The molecule has 1 aliphatic carbocycles. The Morgan fingerprint density at radius 3 is 2.59 bits per heavy atom. The van der Waals surface area contributed by atoms with Crippen molar-refractivity contribution in [3.05, 3.63) is 24.2 Å². The number of carbonyl (C=O) groups is 3. The average Bonchev–Trinajstić information content (AvgIpc) is 3.32. The number of amides is 2. The van der Waals surface area contributed by atoms with Gasteiger partial charge in [-0.3, -0.25) is 14.4 Å². The van der Waals surface area contributed by atoms with Crippen LogP contribution in [-0.4, -0.2) is 59.3 Å². The Morgan fingerprint density at radius 2 is 2.00 bits per heavy atom. The zero-order valence-electron chi connectivity index (χ0n) is 15.6. The molecule has 27 heavy (non-hydrogen) atoms. The number of hydrogen-bond acceptors (Lipinski definition) is 6. The molecule has 1 aromatic heterocycles. The number of carbonyl (C=O) groups excluding carboxylic acids is 3. The Labute approximate surface area is 163 Å². The van der Waals surface area contributed by atoms with Crippen molar-refractivity contribution in [3.8, 4) is 0 Å². The molecular formula is C19H27N3O4S. The smallest absolute Gasteiger partial charge is 0.287 e. The fraction of sp³-hybridized carbons (Fsp3) is 0.632. The van der Waals surface area contributed by atoms with Gasteiger partial charge in [0.2, 0.25) is 11.0 Å². The highest BCUT2D eigenvalue weighted by molar-refractivity contribution is 8.13. The average molecular weight is 394 g/mol. The van der Waals surface area contributed by atoms with Gasteiger partial charge in [-0.15, -0.1) is 0 Å². The Kier molecular flexibility index (Phi) is 6.95. The van der Waals surface area contributed by atoms with Crippen LogP contribution in [-0.2, 0) is 9.59 Å². The zero-order chi connectivity index (χ0) is 19.2. The lowest BCUT2D eigenvalue weighted by Crippen LogP contribution is -2.48. The largest absolute Gasteiger partial charge is 0.459 e. The van der Waals surface area contributed by atoms with Crippen LogP contribution in [0.5, 0.6) is 0 Å². The van der Waals surface area contributed by atoms with Crippen molar-refractivity contribution in [1.29, 1.82) is 0 Å². The van der Waals surface area contributed by atoms with E-state index >= 15 is 0 Å². The molecule has 7 nitrogen and oxygen atoms in total. The van der Waals surface area contributed by atoms with Gasteiger partial charge in [-0.1, -0.05) is 11.8 Å². The summed E-state index contributed by atoms with van der Waals surface area (Å²) in [6, 6.07) is 3.55. The maximum absolute atomic E-state index is 12.8. The molecular weight excluding hydrogens is 366 g/mol. The molecule has 0 bridgehead atoms. The number of rotatable bonds is 8. The highest BCUT2D eigenvalue weighted by atomic mass is 32.2. The summed E-state index contributed by atoms with van der Waals surface area (Å²) < 4.78 is 5.04. The first-order valence-corrected chi connectivity index (χ1v) is 10.5. The van der Waals surface area contributed by atoms with Gasteiger partial charge < -0.3 is 20.0 Å². The number of furan rings is 1. The summed E-state index contributed by atoms with van der Waals surface area (Å²) >= 11 is 1.27. The first kappa shape index (κ1) is 19.9. The molecule has 2 aliphatic rings. The minimum absolute atomic E-state index is 0.105. The van der Waals surface area contributed by atoms with E-state index in [9.17, 15) is 14.4 Å². The molecule has 0 radical (unpaired) electrons. The summed E-state index contributed by atoms with van der Waals surface area (Å²) in [5, 5.41) is 6.40. The second kappa shape index (κ2) is 9.41. The summed E-state index contributed by atoms with van der Waals surface area (Å²) in [6.45, 7) is 3.45. The summed E-state index contributed by atoms with van der Waals surface area (Å²) in [4.78, 5) is 38.0. The standard InChI is InChI=1S/C19H27N3O4S/c1-13(23)22-9-6-14(7-10-22)17(21-15-4-5-15)19(25)27-12-8-20-18(24)16-3-2-11-26-16/h2-3,11,14-15,17,21H,4-10,12H2,1H3,(H,20,24). The third-order valence-electron chi connectivity index (χ3n) is 5.08. The summed E-state index contributed by atoms with van der Waals surface area (Å²) in [6.07, 6.45) is 5.41. The van der Waals surface area contributed by atoms with E-state index in [2.05, 4.69) is 10.6 Å². The summed E-state index contributed by atoms with van der Waals surface area (Å²) in [5.74, 6) is 0.904. The zero-order valence-corrected chi connectivity index (χ0v) is 16.4. The second-order valence-electron chi connectivity index (χ2n) is 7.16. The number of hydrogen-bond donors (Lipinski definition) is 2. The predicted molar refractivity (Wildman–Crippen MR) is 103 cm³/mol. The van der Waals surface area contributed by atoms with Gasteiger partial charge in [-0.25, -0.2) is 0 Å². The van der Waals surface area contributed by atoms with Crippen LogP contribution in [0.25, 0.3) is 0 Å². The number of nitrogens with one attached hydrogen (secondary N) is 2. The molecule has 0 aromatic carbocycles. The molecule has 2 heterocycles. The summed E-state index contributed by atoms with van der Waals surface area (Å²) in [5.41, 5.74) is 0. The van der Waals surface area contributed by atoms with Crippen LogP contribution in [0.1, 0.15) is 43.2 Å². The lowest BCUT2D eigenvalue weighted by molar-refractivity contribution is -0.130. The Morgan fingerprint density at radius 1 is 1.26 bits per heavy atom. The van der Waals surface area contributed by atoms with Gasteiger partial charge in [0.05, 0.1) is 12.3 Å². The van der Waals surface area contributed by atoms with Crippen LogP contribution in [0.4, 0.5) is 0 Å². The highest BCUT2D eigenvalue weighted by Crippen LogP contribution is 2.28. The molecule has 2 amide bonds. The van der Waals surface area contributed by atoms with E-state index in [1.54, 1.807) is 19.1 Å². The first-order chi connectivity index (χ1) is 13.0. The number of nitrogens with zero attached hydrogens (tertiary/aromatic N) is 1. The minimum atomic E-state index is -0.266. The third kappa shape index (κ3) is 5.84. The van der Waals surface area contributed by atoms with Crippen molar-refractivity contribution >= 4 is 28.7 Å². The van der Waals surface area contributed by atoms with Gasteiger partial charge in [0.25, 0.3) is 5.91 Å². The molecule has 8 heteroatoms. The number of piperidine rings is 1. The fourth-order valence-electron chi connectivity index (χ4n) is 3.35. The van der Waals surface area contributed by atoms with E-state index in [1.807, 2.05) is 4.90 Å². The van der Waals surface area contributed by atoms with Crippen molar-refractivity contribution in [3.63, 3.8) is 0 Å². The van der Waals surface area contributed by atoms with E-state index in [-0.39, 0.29) is 34.6 Å². The van der Waals surface area contributed by atoms with Gasteiger partial charge >= 0.3 is 0 Å². The van der Waals surface area contributed by atoms with Gasteiger partial charge in [0.15, 0.2) is 5.76 Å². The number of thioether (sulfide) groups is 1. The first-order valence-electron chi connectivity index (χ1n) is 9.54. The van der Waals surface area contributed by atoms with Crippen molar-refractivity contribution in [2.24, 2.45) is 5.92 Å². The minimum Gasteiger partial charge on any atom is -0.459 e. The van der Waals surface area contributed by atoms with Gasteiger partial charge in [-0.05, 0) is 43.7 Å². The molecule has 1 saturated heterocycles. The normalized spacial score (nSPS) is 18.9. The molecule has 1 aromatic rings. The quantitative estimate of drug-likeness (QED) is 0.653. The van der Waals surface area contributed by atoms with Gasteiger partial charge in [0, 0.05) is 38.4 Å². The van der Waals surface area contributed by atoms with Crippen LogP contribution >= 0.6 is 11.8 Å². The monoisotopic (exact) mass is 393 g/mol. The van der Waals surface area contributed by atoms with E-state index in [0.29, 0.717) is 18.3 Å². The van der Waals surface area contributed by atoms with E-state index < -0.39 is 0 Å². The Bertz CT molecular complexity index is 652. The Hall–Kier alpha value is -1.80. The predicted octanol–water partition coefficient (Wildman–Crippen LogP) is 1.65. The molecule has 0 spiro atoms. The maximum Gasteiger partial charge on any atom is 0.287 e. The van der Waals surface area contributed by atoms with Gasteiger partial charge in [0.1, 0.15) is 0 Å². The molecule has 3 rings (SSSR count). The molecule has 2 fully saturated rings. The topological polar surface area (TPSA) is 91.7 Å². The molecule has 1 saturated carbocycles. The van der Waals surface area contributed by atoms with Crippen molar-refractivity contribution < 1.29 is 18.8 Å². The summed E-state index contributed by atoms with van der Waals surface area (Å²) in [7, 11) is 0. The van der Waals surface area contributed by atoms with Crippen LogP contribution in [0.3, 0.4) is 0 Å². The molecule has 1 aliphatic heterocycles. The lowest BCUT2D eigenvalue weighted by Gasteiger charge is -2.35. The van der Waals surface area contributed by atoms with E-state index in [4.69, 9.17) is 4.42 Å². The third-order valence-corrected chi connectivity index (χ3v) is 6.03. The lowest BCUT2D eigenvalue weighted by atomic mass is 9.89.